The second-order valence-electron chi connectivity index (χ2n) is 7.28. The van der Waals surface area contributed by atoms with Crippen molar-refractivity contribution in [1.82, 2.24) is 9.55 Å². The summed E-state index contributed by atoms with van der Waals surface area (Å²) >= 11 is 0. The minimum absolute atomic E-state index is 0.0231. The smallest absolute Gasteiger partial charge is 0.416 e. The topological polar surface area (TPSA) is 81.4 Å². The molecule has 0 aliphatic carbocycles. The number of methoxy groups -OCH3 is 1. The Hall–Kier alpha value is -3.06. The van der Waals surface area contributed by atoms with Gasteiger partial charge in [-0.05, 0) is 35.4 Å². The number of rotatable bonds is 7. The highest BCUT2D eigenvalue weighted by atomic mass is 32.2. The van der Waals surface area contributed by atoms with Crippen LogP contribution in [0.3, 0.4) is 0 Å². The molecule has 0 radical (unpaired) electrons. The molecule has 1 heterocycles. The van der Waals surface area contributed by atoms with Gasteiger partial charge in [0.1, 0.15) is 5.75 Å². The summed E-state index contributed by atoms with van der Waals surface area (Å²) in [4.78, 5) is 3.81. The van der Waals surface area contributed by atoms with Gasteiger partial charge < -0.3 is 14.4 Å². The third-order valence-corrected chi connectivity index (χ3v) is 6.42. The number of aliphatic hydroxyl groups excluding tert-OH is 1. The first kappa shape index (κ1) is 25.6. The van der Waals surface area contributed by atoms with Crippen molar-refractivity contribution in [3.05, 3.63) is 76.6 Å². The van der Waals surface area contributed by atoms with Crippen LogP contribution in [0.2, 0.25) is 0 Å². The predicted molar refractivity (Wildman–Crippen MR) is 108 cm³/mol. The molecule has 3 aromatic rings. The molecule has 0 saturated heterocycles. The maximum absolute atomic E-state index is 13.5. The third-order valence-electron chi connectivity index (χ3n) is 4.83. The van der Waals surface area contributed by atoms with Gasteiger partial charge in [-0.15, -0.1) is 0 Å². The van der Waals surface area contributed by atoms with Crippen LogP contribution in [0.25, 0.3) is 0 Å². The van der Waals surface area contributed by atoms with Gasteiger partial charge in [-0.2, -0.15) is 26.3 Å². The Morgan fingerprint density at radius 2 is 1.65 bits per heavy atom. The molecule has 0 saturated carbocycles. The number of nitrogens with zero attached hydrogens (tertiary/aromatic N) is 2. The van der Waals surface area contributed by atoms with E-state index in [4.69, 9.17) is 4.74 Å². The summed E-state index contributed by atoms with van der Waals surface area (Å²) in [7, 11) is -2.79. The molecule has 0 spiro atoms. The number of alkyl halides is 6. The van der Waals surface area contributed by atoms with E-state index in [-0.39, 0.29) is 11.8 Å². The highest BCUT2D eigenvalue weighted by Crippen LogP contribution is 2.38. The van der Waals surface area contributed by atoms with Crippen molar-refractivity contribution in [3.8, 4) is 5.75 Å². The molecule has 0 fully saturated rings. The minimum atomic E-state index is -5.13. The van der Waals surface area contributed by atoms with Gasteiger partial charge >= 0.3 is 12.4 Å². The second-order valence-corrected chi connectivity index (χ2v) is 9.16. The fourth-order valence-corrected chi connectivity index (χ4v) is 4.72. The van der Waals surface area contributed by atoms with E-state index in [1.807, 2.05) is 0 Å². The number of aliphatic hydroxyl groups is 1. The minimum Gasteiger partial charge on any atom is -0.497 e. The Kier molecular flexibility index (Phi) is 6.99. The SMILES string of the molecule is COc1ccc(CS(=O)(=O)c2nc(CO)cn2Cc2ccc(C(F)(F)F)cc2C(F)(F)F)cc1. The lowest BCUT2D eigenvalue weighted by Crippen LogP contribution is -2.17. The van der Waals surface area contributed by atoms with Crippen molar-refractivity contribution in [2.75, 3.05) is 7.11 Å². The van der Waals surface area contributed by atoms with E-state index >= 15 is 0 Å². The molecule has 184 valence electrons. The molecule has 34 heavy (non-hydrogen) atoms. The van der Waals surface area contributed by atoms with Crippen molar-refractivity contribution < 1.29 is 44.6 Å². The van der Waals surface area contributed by atoms with E-state index in [0.717, 1.165) is 10.8 Å². The van der Waals surface area contributed by atoms with Crippen molar-refractivity contribution >= 4 is 9.84 Å². The number of halogens is 6. The predicted octanol–water partition coefficient (Wildman–Crippen LogP) is 4.44. The van der Waals surface area contributed by atoms with Gasteiger partial charge in [0.25, 0.3) is 0 Å². The maximum Gasteiger partial charge on any atom is 0.416 e. The lowest BCUT2D eigenvalue weighted by molar-refractivity contribution is -0.143. The quantitative estimate of drug-likeness (QED) is 0.478. The van der Waals surface area contributed by atoms with Gasteiger partial charge in [-0.25, -0.2) is 13.4 Å². The maximum atomic E-state index is 13.5. The zero-order valence-electron chi connectivity index (χ0n) is 17.5. The summed E-state index contributed by atoms with van der Waals surface area (Å²) in [5, 5.41) is 8.75. The number of sulfone groups is 1. The molecular weight excluding hydrogens is 490 g/mol. The Morgan fingerprint density at radius 1 is 1.00 bits per heavy atom. The summed E-state index contributed by atoms with van der Waals surface area (Å²) in [5.41, 5.74) is -3.43. The standard InChI is InChI=1S/C21H18F6N2O4S/c1-33-17-6-2-13(3-7-17)12-34(31,32)19-28-16(11-30)10-29(19)9-14-4-5-15(20(22,23)24)8-18(14)21(25,26)27/h2-8,10,30H,9,11-12H2,1H3. The van der Waals surface area contributed by atoms with Crippen LogP contribution in [-0.4, -0.2) is 30.2 Å². The molecule has 0 aliphatic rings. The van der Waals surface area contributed by atoms with Crippen LogP contribution in [0, 0.1) is 0 Å². The lowest BCUT2D eigenvalue weighted by Gasteiger charge is -2.17. The molecule has 3 rings (SSSR count). The Morgan fingerprint density at radius 3 is 2.18 bits per heavy atom. The first-order valence-electron chi connectivity index (χ1n) is 9.54. The molecular formula is C21H18F6N2O4S. The molecule has 0 unspecified atom stereocenters. The van der Waals surface area contributed by atoms with Crippen LogP contribution < -0.4 is 4.74 Å². The summed E-state index contributed by atoms with van der Waals surface area (Å²) in [6.45, 7) is -1.44. The molecule has 6 nitrogen and oxygen atoms in total. The summed E-state index contributed by atoms with van der Waals surface area (Å²) < 4.78 is 111. The van der Waals surface area contributed by atoms with Crippen LogP contribution in [-0.2, 0) is 41.1 Å². The van der Waals surface area contributed by atoms with E-state index in [1.54, 1.807) is 0 Å². The third kappa shape index (κ3) is 5.70. The molecule has 1 aromatic heterocycles. The van der Waals surface area contributed by atoms with Gasteiger partial charge in [0.2, 0.25) is 15.0 Å². The molecule has 0 aliphatic heterocycles. The van der Waals surface area contributed by atoms with E-state index < -0.39 is 62.9 Å². The number of aromatic nitrogens is 2. The molecule has 1 N–H and O–H groups in total. The normalized spacial score (nSPS) is 12.7. The van der Waals surface area contributed by atoms with Crippen molar-refractivity contribution in [1.29, 1.82) is 0 Å². The van der Waals surface area contributed by atoms with Crippen LogP contribution >= 0.6 is 0 Å². The number of hydrogen-bond acceptors (Lipinski definition) is 5. The molecule has 0 bridgehead atoms. The fraction of sp³-hybridized carbons (Fsp3) is 0.286. The van der Waals surface area contributed by atoms with Crippen molar-refractivity contribution in [2.45, 2.75) is 36.4 Å². The monoisotopic (exact) mass is 508 g/mol. The van der Waals surface area contributed by atoms with Gasteiger partial charge in [-0.3, -0.25) is 0 Å². The second kappa shape index (κ2) is 9.29. The van der Waals surface area contributed by atoms with Crippen LogP contribution in [0.15, 0.2) is 53.8 Å². The molecule has 0 atom stereocenters. The Labute approximate surface area is 190 Å². The van der Waals surface area contributed by atoms with E-state index in [9.17, 15) is 39.9 Å². The highest BCUT2D eigenvalue weighted by molar-refractivity contribution is 7.90. The van der Waals surface area contributed by atoms with Gasteiger partial charge in [0, 0.05) is 6.20 Å². The van der Waals surface area contributed by atoms with Crippen molar-refractivity contribution in [2.24, 2.45) is 0 Å². The van der Waals surface area contributed by atoms with Gasteiger partial charge in [0.15, 0.2) is 0 Å². The summed E-state index contributed by atoms with van der Waals surface area (Å²) in [5.74, 6) is -0.0786. The molecule has 2 aromatic carbocycles. The van der Waals surface area contributed by atoms with Crippen molar-refractivity contribution in [3.63, 3.8) is 0 Å². The highest BCUT2D eigenvalue weighted by Gasteiger charge is 2.38. The first-order chi connectivity index (χ1) is 15.7. The number of hydrogen-bond donors (Lipinski definition) is 1. The number of benzene rings is 2. The Balaban J connectivity index is 2.03. The van der Waals surface area contributed by atoms with Crippen LogP contribution in [0.1, 0.15) is 27.9 Å². The molecule has 13 heteroatoms. The van der Waals surface area contributed by atoms with Crippen LogP contribution in [0.5, 0.6) is 5.75 Å². The van der Waals surface area contributed by atoms with E-state index in [1.165, 1.54) is 31.4 Å². The van der Waals surface area contributed by atoms with E-state index in [0.29, 0.717) is 23.4 Å². The number of imidazole rings is 1. The average molecular weight is 508 g/mol. The average Bonchev–Trinajstić information content (AvgIpc) is 3.17. The lowest BCUT2D eigenvalue weighted by atomic mass is 10.0. The largest absolute Gasteiger partial charge is 0.497 e. The molecule has 0 amide bonds. The summed E-state index contributed by atoms with van der Waals surface area (Å²) in [6.07, 6.45) is -9.08. The van der Waals surface area contributed by atoms with Crippen LogP contribution in [0.4, 0.5) is 26.3 Å². The zero-order valence-corrected chi connectivity index (χ0v) is 18.3. The van der Waals surface area contributed by atoms with E-state index in [2.05, 4.69) is 4.98 Å². The Bertz CT molecular complexity index is 1270. The van der Waals surface area contributed by atoms with Gasteiger partial charge in [-0.1, -0.05) is 18.2 Å². The first-order valence-corrected chi connectivity index (χ1v) is 11.2. The summed E-state index contributed by atoms with van der Waals surface area (Å²) in [6, 6.07) is 7.11. The number of ether oxygens (including phenoxy) is 1. The fourth-order valence-electron chi connectivity index (χ4n) is 3.23. The zero-order chi connectivity index (χ0) is 25.3. The van der Waals surface area contributed by atoms with Gasteiger partial charge in [0.05, 0.1) is 42.8 Å².